The van der Waals surface area contributed by atoms with Gasteiger partial charge in [0, 0.05) is 10.0 Å². The minimum atomic E-state index is -0.193. The van der Waals surface area contributed by atoms with Gasteiger partial charge in [0.15, 0.2) is 11.5 Å². The first-order chi connectivity index (χ1) is 5.84. The highest BCUT2D eigenvalue weighted by atomic mass is 79.9. The Hall–Kier alpha value is -0.700. The normalized spacial score (nSPS) is 11.7. The van der Waals surface area contributed by atoms with Crippen LogP contribution in [0.15, 0.2) is 16.6 Å². The summed E-state index contributed by atoms with van der Waals surface area (Å²) < 4.78 is 0.815. The molecule has 0 spiro atoms. The van der Waals surface area contributed by atoms with Gasteiger partial charge in [0.25, 0.3) is 0 Å². The zero-order chi connectivity index (χ0) is 10.2. The third kappa shape index (κ3) is 1.97. The zero-order valence-corrected chi connectivity index (χ0v) is 9.51. The molecule has 0 fully saturated rings. The van der Waals surface area contributed by atoms with Crippen LogP contribution < -0.4 is 0 Å². The van der Waals surface area contributed by atoms with Crippen LogP contribution in [0.2, 0.25) is 0 Å². The Morgan fingerprint density at radius 2 is 1.69 bits per heavy atom. The van der Waals surface area contributed by atoms with Crippen LogP contribution in [0.3, 0.4) is 0 Å². The lowest BCUT2D eigenvalue weighted by Gasteiger charge is -2.22. The Morgan fingerprint density at radius 3 is 2.08 bits per heavy atom. The van der Waals surface area contributed by atoms with Gasteiger partial charge in [-0.15, -0.1) is 0 Å². The Labute approximate surface area is 86.3 Å². The summed E-state index contributed by atoms with van der Waals surface area (Å²) in [7, 11) is 0. The maximum atomic E-state index is 9.63. The van der Waals surface area contributed by atoms with Crippen molar-refractivity contribution < 1.29 is 10.2 Å². The fraction of sp³-hybridized carbons (Fsp3) is 0.400. The molecule has 1 rings (SSSR count). The highest BCUT2D eigenvalue weighted by Gasteiger charge is 2.22. The molecule has 0 heterocycles. The van der Waals surface area contributed by atoms with Crippen LogP contribution in [0.25, 0.3) is 0 Å². The molecule has 0 aliphatic carbocycles. The number of halogens is 1. The van der Waals surface area contributed by atoms with Crippen molar-refractivity contribution in [3.8, 4) is 11.5 Å². The second kappa shape index (κ2) is 3.22. The van der Waals surface area contributed by atoms with Crippen molar-refractivity contribution in [3.63, 3.8) is 0 Å². The highest BCUT2D eigenvalue weighted by molar-refractivity contribution is 9.10. The van der Waals surface area contributed by atoms with E-state index >= 15 is 0 Å². The fourth-order valence-corrected chi connectivity index (χ4v) is 2.18. The minimum Gasteiger partial charge on any atom is -0.504 e. The van der Waals surface area contributed by atoms with Crippen LogP contribution in [0.5, 0.6) is 11.5 Å². The van der Waals surface area contributed by atoms with E-state index in [9.17, 15) is 10.2 Å². The van der Waals surface area contributed by atoms with Crippen LogP contribution >= 0.6 is 15.9 Å². The molecule has 0 aliphatic rings. The SMILES string of the molecule is CC(C)(C)c1c(Br)ccc(O)c1O. The third-order valence-corrected chi connectivity index (χ3v) is 2.52. The molecular weight excluding hydrogens is 232 g/mol. The quantitative estimate of drug-likeness (QED) is 0.689. The van der Waals surface area contributed by atoms with Gasteiger partial charge in [0.1, 0.15) is 0 Å². The van der Waals surface area contributed by atoms with E-state index in [1.54, 1.807) is 6.07 Å². The smallest absolute Gasteiger partial charge is 0.162 e. The Bertz CT molecular complexity index is 326. The molecule has 0 atom stereocenters. The molecule has 0 aliphatic heterocycles. The molecule has 0 unspecified atom stereocenters. The van der Waals surface area contributed by atoms with E-state index < -0.39 is 0 Å². The van der Waals surface area contributed by atoms with Crippen molar-refractivity contribution in [1.29, 1.82) is 0 Å². The molecule has 0 aromatic heterocycles. The minimum absolute atomic E-state index is 0.0399. The van der Waals surface area contributed by atoms with Gasteiger partial charge in [0.2, 0.25) is 0 Å². The number of phenols is 2. The maximum Gasteiger partial charge on any atom is 0.162 e. The van der Waals surface area contributed by atoms with Crippen molar-refractivity contribution in [2.24, 2.45) is 0 Å². The second-order valence-corrected chi connectivity index (χ2v) is 4.89. The van der Waals surface area contributed by atoms with Crippen LogP contribution in [0, 0.1) is 0 Å². The molecule has 13 heavy (non-hydrogen) atoms. The van der Waals surface area contributed by atoms with Crippen molar-refractivity contribution in [1.82, 2.24) is 0 Å². The molecule has 1 aromatic rings. The molecule has 0 saturated carbocycles. The molecule has 3 heteroatoms. The van der Waals surface area contributed by atoms with Gasteiger partial charge in [-0.3, -0.25) is 0 Å². The average molecular weight is 245 g/mol. The van der Waals surface area contributed by atoms with Crippen LogP contribution in [-0.4, -0.2) is 10.2 Å². The second-order valence-electron chi connectivity index (χ2n) is 4.04. The summed E-state index contributed by atoms with van der Waals surface area (Å²) in [5, 5.41) is 19.0. The largest absolute Gasteiger partial charge is 0.504 e. The zero-order valence-electron chi connectivity index (χ0n) is 7.93. The molecular formula is C10H13BrO2. The molecule has 2 nitrogen and oxygen atoms in total. The van der Waals surface area contributed by atoms with E-state index in [0.29, 0.717) is 0 Å². The summed E-state index contributed by atoms with van der Waals surface area (Å²) in [6.45, 7) is 5.94. The highest BCUT2D eigenvalue weighted by Crippen LogP contribution is 2.41. The number of aromatic hydroxyl groups is 2. The number of rotatable bonds is 0. The molecule has 0 radical (unpaired) electrons. The van der Waals surface area contributed by atoms with Gasteiger partial charge in [-0.25, -0.2) is 0 Å². The van der Waals surface area contributed by atoms with E-state index in [4.69, 9.17) is 0 Å². The molecule has 2 N–H and O–H groups in total. The topological polar surface area (TPSA) is 40.5 Å². The molecule has 0 saturated heterocycles. The van der Waals surface area contributed by atoms with Gasteiger partial charge in [-0.05, 0) is 17.5 Å². The first-order valence-electron chi connectivity index (χ1n) is 4.05. The van der Waals surface area contributed by atoms with Crippen LogP contribution in [0.1, 0.15) is 26.3 Å². The summed E-state index contributed by atoms with van der Waals surface area (Å²) >= 11 is 3.35. The summed E-state index contributed by atoms with van der Waals surface area (Å²) in [4.78, 5) is 0. The van der Waals surface area contributed by atoms with Gasteiger partial charge in [-0.2, -0.15) is 0 Å². The van der Waals surface area contributed by atoms with Crippen molar-refractivity contribution in [2.75, 3.05) is 0 Å². The lowest BCUT2D eigenvalue weighted by atomic mass is 9.86. The van der Waals surface area contributed by atoms with E-state index in [0.717, 1.165) is 10.0 Å². The number of benzene rings is 1. The molecule has 0 amide bonds. The summed E-state index contributed by atoms with van der Waals surface area (Å²) in [6.07, 6.45) is 0. The van der Waals surface area contributed by atoms with E-state index in [1.165, 1.54) is 6.07 Å². The Kier molecular flexibility index (Phi) is 2.57. The third-order valence-electron chi connectivity index (χ3n) is 1.86. The monoisotopic (exact) mass is 244 g/mol. The fourth-order valence-electron chi connectivity index (χ4n) is 1.27. The summed E-state index contributed by atoms with van der Waals surface area (Å²) in [6, 6.07) is 3.20. The predicted molar refractivity (Wildman–Crippen MR) is 56.2 cm³/mol. The Morgan fingerprint density at radius 1 is 1.15 bits per heavy atom. The van der Waals surface area contributed by atoms with E-state index in [-0.39, 0.29) is 16.9 Å². The number of hydrogen-bond acceptors (Lipinski definition) is 2. The van der Waals surface area contributed by atoms with Gasteiger partial charge >= 0.3 is 0 Å². The van der Waals surface area contributed by atoms with Gasteiger partial charge < -0.3 is 10.2 Å². The standard InChI is InChI=1S/C10H13BrO2/c1-10(2,3)8-6(11)4-5-7(12)9(8)13/h4-5,12-13H,1-3H3. The van der Waals surface area contributed by atoms with Crippen molar-refractivity contribution in [2.45, 2.75) is 26.2 Å². The van der Waals surface area contributed by atoms with Crippen molar-refractivity contribution in [3.05, 3.63) is 22.2 Å². The van der Waals surface area contributed by atoms with Gasteiger partial charge in [-0.1, -0.05) is 36.7 Å². The number of hydrogen-bond donors (Lipinski definition) is 2. The first-order valence-corrected chi connectivity index (χ1v) is 4.84. The maximum absolute atomic E-state index is 9.63. The summed E-state index contributed by atoms with van der Waals surface area (Å²) in [5.41, 5.74) is 0.536. The predicted octanol–water partition coefficient (Wildman–Crippen LogP) is 3.16. The molecule has 0 bridgehead atoms. The summed E-state index contributed by atoms with van der Waals surface area (Å²) in [5.74, 6) is -0.116. The molecule has 72 valence electrons. The first kappa shape index (κ1) is 10.4. The van der Waals surface area contributed by atoms with Crippen LogP contribution in [-0.2, 0) is 5.41 Å². The van der Waals surface area contributed by atoms with Gasteiger partial charge in [0.05, 0.1) is 0 Å². The Balaban J connectivity index is 3.43. The van der Waals surface area contributed by atoms with E-state index in [2.05, 4.69) is 15.9 Å². The molecule has 1 aromatic carbocycles. The van der Waals surface area contributed by atoms with Crippen LogP contribution in [0.4, 0.5) is 0 Å². The number of phenolic OH excluding ortho intramolecular Hbond substituents is 2. The lowest BCUT2D eigenvalue weighted by Crippen LogP contribution is -2.12. The lowest BCUT2D eigenvalue weighted by molar-refractivity contribution is 0.388. The average Bonchev–Trinajstić information content (AvgIpc) is 1.95. The van der Waals surface area contributed by atoms with Crippen molar-refractivity contribution >= 4 is 15.9 Å². The van der Waals surface area contributed by atoms with E-state index in [1.807, 2.05) is 20.8 Å².